The van der Waals surface area contributed by atoms with E-state index in [1.54, 1.807) is 6.92 Å². The van der Waals surface area contributed by atoms with Crippen molar-refractivity contribution in [3.8, 4) is 0 Å². The Bertz CT molecular complexity index is 683. The van der Waals surface area contributed by atoms with Gasteiger partial charge in [-0.2, -0.15) is 0 Å². The van der Waals surface area contributed by atoms with Crippen LogP contribution in [0.25, 0.3) is 21.9 Å². The molecule has 3 rings (SSSR count). The first-order valence-electron chi connectivity index (χ1n) is 5.11. The predicted octanol–water partition coefficient (Wildman–Crippen LogP) is 2.05. The fourth-order valence-electron chi connectivity index (χ4n) is 1.98. The summed E-state index contributed by atoms with van der Waals surface area (Å²) in [5.41, 5.74) is 2.57. The van der Waals surface area contributed by atoms with Gasteiger partial charge in [-0.3, -0.25) is 0 Å². The molecule has 0 aliphatic rings. The van der Waals surface area contributed by atoms with Crippen LogP contribution in [0.2, 0.25) is 0 Å². The zero-order valence-electron chi connectivity index (χ0n) is 8.55. The van der Waals surface area contributed by atoms with Crippen LogP contribution in [0.15, 0.2) is 46.9 Å². The molecule has 1 heterocycles. The number of furan rings is 1. The monoisotopic (exact) mass is 208 g/mol. The summed E-state index contributed by atoms with van der Waals surface area (Å²) in [6.07, 6.45) is 1.03. The zero-order chi connectivity index (χ0) is 11.0. The van der Waals surface area contributed by atoms with Crippen LogP contribution in [0.3, 0.4) is 0 Å². The normalized spacial score (nSPS) is 11.2. The standard InChI is InChI=1S/C13H9BO2/c15-8-14-11-6-3-5-10-9-4-1-2-7-12(9)16-13(10)11/h1-8,15H. The summed E-state index contributed by atoms with van der Waals surface area (Å²) >= 11 is 0. The van der Waals surface area contributed by atoms with E-state index in [0.29, 0.717) is 0 Å². The number of para-hydroxylation sites is 2. The summed E-state index contributed by atoms with van der Waals surface area (Å²) in [5.74, 6) is 0. The Hall–Kier alpha value is -2.03. The third-order valence-electron chi connectivity index (χ3n) is 2.69. The molecule has 2 nitrogen and oxygen atoms in total. The van der Waals surface area contributed by atoms with Crippen molar-refractivity contribution in [3.05, 3.63) is 42.5 Å². The molecular weight excluding hydrogens is 199 g/mol. The average Bonchev–Trinajstić information content (AvgIpc) is 2.69. The van der Waals surface area contributed by atoms with E-state index < -0.39 is 0 Å². The van der Waals surface area contributed by atoms with E-state index in [9.17, 15) is 0 Å². The van der Waals surface area contributed by atoms with Crippen LogP contribution in [0, 0.1) is 0 Å². The number of aliphatic hydroxyl groups is 1. The molecule has 0 fully saturated rings. The molecule has 0 saturated heterocycles. The van der Waals surface area contributed by atoms with Gasteiger partial charge in [0.15, 0.2) is 0 Å². The molecule has 0 radical (unpaired) electrons. The van der Waals surface area contributed by atoms with Gasteiger partial charge in [-0.15, -0.1) is 0 Å². The van der Waals surface area contributed by atoms with Crippen LogP contribution in [0.1, 0.15) is 0 Å². The van der Waals surface area contributed by atoms with E-state index in [2.05, 4.69) is 0 Å². The number of benzene rings is 2. The number of aliphatic hydroxyl groups excluding tert-OH is 1. The number of rotatable bonds is 1. The second-order valence-electron chi connectivity index (χ2n) is 3.64. The molecule has 0 unspecified atom stereocenters. The minimum atomic E-state index is 0.814. The number of hydrogen-bond donors (Lipinski definition) is 1. The van der Waals surface area contributed by atoms with Gasteiger partial charge in [0.25, 0.3) is 0 Å². The number of hydrogen-bond acceptors (Lipinski definition) is 2. The van der Waals surface area contributed by atoms with Crippen LogP contribution < -0.4 is 5.46 Å². The minimum absolute atomic E-state index is 0.814. The third-order valence-corrected chi connectivity index (χ3v) is 2.69. The Balaban J connectivity index is 2.48. The van der Waals surface area contributed by atoms with Crippen LogP contribution in [-0.4, -0.2) is 18.2 Å². The van der Waals surface area contributed by atoms with Crippen LogP contribution in [-0.2, 0) is 0 Å². The summed E-state index contributed by atoms with van der Waals surface area (Å²) < 4.78 is 5.77. The Kier molecular flexibility index (Phi) is 2.03. The van der Waals surface area contributed by atoms with Gasteiger partial charge >= 0.3 is 92.5 Å². The fourth-order valence-corrected chi connectivity index (χ4v) is 1.98. The molecule has 0 atom stereocenters. The molecule has 76 valence electrons. The second kappa shape index (κ2) is 3.52. The van der Waals surface area contributed by atoms with Crippen molar-refractivity contribution in [2.24, 2.45) is 0 Å². The summed E-state index contributed by atoms with van der Waals surface area (Å²) in [4.78, 5) is 0. The first-order valence-corrected chi connectivity index (χ1v) is 5.11. The fraction of sp³-hybridized carbons (Fsp3) is 0. The van der Waals surface area contributed by atoms with Crippen molar-refractivity contribution in [2.45, 2.75) is 0 Å². The van der Waals surface area contributed by atoms with Crippen molar-refractivity contribution >= 4 is 40.5 Å². The van der Waals surface area contributed by atoms with Gasteiger partial charge in [0.1, 0.15) is 0 Å². The molecule has 3 heteroatoms. The molecule has 3 aromatic rings. The molecule has 0 aliphatic carbocycles. The molecule has 0 amide bonds. The Morgan fingerprint density at radius 1 is 1.00 bits per heavy atom. The summed E-state index contributed by atoms with van der Waals surface area (Å²) in [6.45, 7) is 1.63. The van der Waals surface area contributed by atoms with E-state index in [-0.39, 0.29) is 0 Å². The van der Waals surface area contributed by atoms with Gasteiger partial charge in [-0.25, -0.2) is 0 Å². The molecular formula is C13H9BO2. The molecule has 0 saturated carbocycles. The van der Waals surface area contributed by atoms with E-state index in [0.717, 1.165) is 33.6 Å². The first-order chi connectivity index (χ1) is 7.90. The van der Waals surface area contributed by atoms with E-state index in [1.165, 1.54) is 0 Å². The topological polar surface area (TPSA) is 33.4 Å². The molecule has 0 spiro atoms. The summed E-state index contributed by atoms with van der Waals surface area (Å²) in [7, 11) is 0. The summed E-state index contributed by atoms with van der Waals surface area (Å²) in [5, 5.41) is 11.0. The van der Waals surface area contributed by atoms with Crippen LogP contribution in [0.4, 0.5) is 0 Å². The predicted molar refractivity (Wildman–Crippen MR) is 67.1 cm³/mol. The van der Waals surface area contributed by atoms with Crippen molar-refractivity contribution in [1.29, 1.82) is 0 Å². The first kappa shape index (κ1) is 9.22. The zero-order valence-corrected chi connectivity index (χ0v) is 8.55. The van der Waals surface area contributed by atoms with Gasteiger partial charge in [0.2, 0.25) is 0 Å². The van der Waals surface area contributed by atoms with Crippen molar-refractivity contribution < 1.29 is 9.52 Å². The van der Waals surface area contributed by atoms with Gasteiger partial charge in [0.05, 0.1) is 0 Å². The van der Waals surface area contributed by atoms with Crippen molar-refractivity contribution in [2.75, 3.05) is 0 Å². The third kappa shape index (κ3) is 1.25. The van der Waals surface area contributed by atoms with Crippen LogP contribution >= 0.6 is 0 Å². The number of fused-ring (bicyclic) bond motifs is 3. The van der Waals surface area contributed by atoms with Gasteiger partial charge in [-0.05, 0) is 0 Å². The molecule has 2 aromatic carbocycles. The SMILES string of the molecule is OC=Bc1cccc2c1oc1ccccc12. The van der Waals surface area contributed by atoms with Gasteiger partial charge in [0, 0.05) is 0 Å². The quantitative estimate of drug-likeness (QED) is 0.620. The molecule has 16 heavy (non-hydrogen) atoms. The maximum atomic E-state index is 8.83. The Morgan fingerprint density at radius 3 is 2.69 bits per heavy atom. The molecule has 0 aliphatic heterocycles. The maximum absolute atomic E-state index is 8.83. The van der Waals surface area contributed by atoms with E-state index in [4.69, 9.17) is 9.52 Å². The molecule has 1 aromatic heterocycles. The average molecular weight is 208 g/mol. The second-order valence-corrected chi connectivity index (χ2v) is 3.64. The van der Waals surface area contributed by atoms with E-state index >= 15 is 0 Å². The molecule has 0 bridgehead atoms. The van der Waals surface area contributed by atoms with Gasteiger partial charge in [-0.1, -0.05) is 0 Å². The van der Waals surface area contributed by atoms with Gasteiger partial charge < -0.3 is 0 Å². The van der Waals surface area contributed by atoms with Crippen molar-refractivity contribution in [3.63, 3.8) is 0 Å². The molecule has 1 N–H and O–H groups in total. The summed E-state index contributed by atoms with van der Waals surface area (Å²) in [6, 6.07) is 13.8. The Labute approximate surface area is 93.0 Å². The Morgan fingerprint density at radius 2 is 1.81 bits per heavy atom. The van der Waals surface area contributed by atoms with E-state index in [1.807, 2.05) is 42.5 Å². The van der Waals surface area contributed by atoms with Crippen molar-refractivity contribution in [1.82, 2.24) is 0 Å². The van der Waals surface area contributed by atoms with Crippen LogP contribution in [0.5, 0.6) is 0 Å².